The molecule has 5 heteroatoms. The number of hydrogen-bond acceptors (Lipinski definition) is 2. The van der Waals surface area contributed by atoms with Gasteiger partial charge in [0.05, 0.1) is 5.56 Å². The van der Waals surface area contributed by atoms with E-state index in [9.17, 15) is 13.2 Å². The summed E-state index contributed by atoms with van der Waals surface area (Å²) in [6.45, 7) is 5.08. The largest absolute Gasteiger partial charge is 0.492 e. The maximum atomic E-state index is 12.4. The molecule has 0 aliphatic carbocycles. The van der Waals surface area contributed by atoms with Crippen molar-refractivity contribution in [3.05, 3.63) is 29.8 Å². The molecule has 0 radical (unpaired) electrons. The second-order valence-corrected chi connectivity index (χ2v) is 4.14. The number of hydrogen-bond donors (Lipinski definition) is 1. The lowest BCUT2D eigenvalue weighted by molar-refractivity contribution is -0.137. The molecule has 0 fully saturated rings. The van der Waals surface area contributed by atoms with Crippen LogP contribution in [0.5, 0.6) is 5.75 Å². The van der Waals surface area contributed by atoms with Gasteiger partial charge in [0.15, 0.2) is 0 Å². The fourth-order valence-electron chi connectivity index (χ4n) is 1.38. The minimum absolute atomic E-state index is 0.246. The summed E-state index contributed by atoms with van der Waals surface area (Å²) >= 11 is 0. The fourth-order valence-corrected chi connectivity index (χ4v) is 1.38. The first-order valence-electron chi connectivity index (χ1n) is 5.97. The molecular weight excluding hydrogens is 243 g/mol. The molecule has 1 rings (SSSR count). The average Bonchev–Trinajstić information content (AvgIpc) is 2.33. The Bertz CT molecular complexity index is 365. The third-order valence-electron chi connectivity index (χ3n) is 2.64. The predicted octanol–water partition coefficient (Wildman–Crippen LogP) is 3.47. The lowest BCUT2D eigenvalue weighted by Crippen LogP contribution is -2.29. The van der Waals surface area contributed by atoms with Crippen molar-refractivity contribution in [2.75, 3.05) is 13.2 Å². The summed E-state index contributed by atoms with van der Waals surface area (Å²) in [5.74, 6) is 0.246. The predicted molar refractivity (Wildman–Crippen MR) is 64.7 cm³/mol. The van der Waals surface area contributed by atoms with Gasteiger partial charge in [0.25, 0.3) is 0 Å². The van der Waals surface area contributed by atoms with E-state index in [-0.39, 0.29) is 5.75 Å². The van der Waals surface area contributed by atoms with E-state index in [1.165, 1.54) is 12.1 Å². The standard InChI is InChI=1S/C13H18F3NO/c1-3-10(2)17-7-8-18-12-6-4-5-11(9-12)13(14,15)16/h4-6,9-10,17H,3,7-8H2,1-2H3. The average molecular weight is 261 g/mol. The third-order valence-corrected chi connectivity index (χ3v) is 2.64. The van der Waals surface area contributed by atoms with Gasteiger partial charge in [-0.15, -0.1) is 0 Å². The molecular formula is C13H18F3NO. The van der Waals surface area contributed by atoms with Gasteiger partial charge < -0.3 is 10.1 Å². The SMILES string of the molecule is CCC(C)NCCOc1cccc(C(F)(F)F)c1. The number of benzene rings is 1. The number of alkyl halides is 3. The van der Waals surface area contributed by atoms with E-state index in [2.05, 4.69) is 12.2 Å². The maximum absolute atomic E-state index is 12.4. The molecule has 1 aromatic rings. The van der Waals surface area contributed by atoms with E-state index in [1.807, 2.05) is 6.92 Å². The molecule has 0 saturated heterocycles. The van der Waals surface area contributed by atoms with E-state index < -0.39 is 11.7 Å². The summed E-state index contributed by atoms with van der Waals surface area (Å²) in [5.41, 5.74) is -0.685. The van der Waals surface area contributed by atoms with Gasteiger partial charge in [0, 0.05) is 12.6 Å². The number of nitrogens with one attached hydrogen (secondary N) is 1. The van der Waals surface area contributed by atoms with Crippen molar-refractivity contribution in [1.82, 2.24) is 5.32 Å². The zero-order valence-corrected chi connectivity index (χ0v) is 10.6. The van der Waals surface area contributed by atoms with Crippen LogP contribution in [-0.2, 0) is 6.18 Å². The van der Waals surface area contributed by atoms with E-state index in [0.717, 1.165) is 18.6 Å². The highest BCUT2D eigenvalue weighted by Gasteiger charge is 2.30. The Morgan fingerprint density at radius 1 is 1.33 bits per heavy atom. The van der Waals surface area contributed by atoms with Crippen LogP contribution in [0.2, 0.25) is 0 Å². The van der Waals surface area contributed by atoms with Crippen molar-refractivity contribution in [2.24, 2.45) is 0 Å². The highest BCUT2D eigenvalue weighted by Crippen LogP contribution is 2.31. The van der Waals surface area contributed by atoms with E-state index in [0.29, 0.717) is 19.2 Å². The summed E-state index contributed by atoms with van der Waals surface area (Å²) in [6.07, 6.45) is -3.32. The van der Waals surface area contributed by atoms with Gasteiger partial charge in [-0.1, -0.05) is 13.0 Å². The zero-order chi connectivity index (χ0) is 13.6. The minimum atomic E-state index is -4.33. The molecule has 1 atom stereocenters. The number of ether oxygens (including phenoxy) is 1. The summed E-state index contributed by atoms with van der Waals surface area (Å²) in [6, 6.07) is 5.31. The van der Waals surface area contributed by atoms with Gasteiger partial charge in [0.1, 0.15) is 12.4 Å². The molecule has 102 valence electrons. The Morgan fingerprint density at radius 2 is 2.06 bits per heavy atom. The van der Waals surface area contributed by atoms with E-state index >= 15 is 0 Å². The van der Waals surface area contributed by atoms with Crippen LogP contribution in [0.1, 0.15) is 25.8 Å². The highest BCUT2D eigenvalue weighted by molar-refractivity contribution is 5.30. The number of halogens is 3. The van der Waals surface area contributed by atoms with Gasteiger partial charge in [-0.05, 0) is 31.5 Å². The van der Waals surface area contributed by atoms with Gasteiger partial charge in [0.2, 0.25) is 0 Å². The first-order chi connectivity index (χ1) is 8.43. The Morgan fingerprint density at radius 3 is 2.67 bits per heavy atom. The highest BCUT2D eigenvalue weighted by atomic mass is 19.4. The Kier molecular flexibility index (Phi) is 5.47. The van der Waals surface area contributed by atoms with Crippen LogP contribution >= 0.6 is 0 Å². The molecule has 0 aliphatic rings. The molecule has 1 N–H and O–H groups in total. The first kappa shape index (κ1) is 14.8. The fraction of sp³-hybridized carbons (Fsp3) is 0.538. The Balaban J connectivity index is 2.43. The number of rotatable bonds is 6. The van der Waals surface area contributed by atoms with Crippen LogP contribution in [0.15, 0.2) is 24.3 Å². The second-order valence-electron chi connectivity index (χ2n) is 4.14. The third kappa shape index (κ3) is 4.96. The molecule has 0 spiro atoms. The van der Waals surface area contributed by atoms with Crippen LogP contribution in [0, 0.1) is 0 Å². The Labute approximate surface area is 105 Å². The molecule has 1 aromatic carbocycles. The molecule has 18 heavy (non-hydrogen) atoms. The van der Waals surface area contributed by atoms with Crippen LogP contribution in [0.4, 0.5) is 13.2 Å². The van der Waals surface area contributed by atoms with Crippen molar-refractivity contribution in [3.8, 4) is 5.75 Å². The van der Waals surface area contributed by atoms with Crippen LogP contribution in [-0.4, -0.2) is 19.2 Å². The molecule has 0 aromatic heterocycles. The van der Waals surface area contributed by atoms with Crippen molar-refractivity contribution in [3.63, 3.8) is 0 Å². The van der Waals surface area contributed by atoms with Gasteiger partial charge in [-0.25, -0.2) is 0 Å². The van der Waals surface area contributed by atoms with Gasteiger partial charge in [-0.3, -0.25) is 0 Å². The first-order valence-corrected chi connectivity index (χ1v) is 5.97. The normalized spacial score (nSPS) is 13.4. The maximum Gasteiger partial charge on any atom is 0.416 e. The van der Waals surface area contributed by atoms with E-state index in [4.69, 9.17) is 4.74 Å². The topological polar surface area (TPSA) is 21.3 Å². The van der Waals surface area contributed by atoms with Crippen molar-refractivity contribution in [1.29, 1.82) is 0 Å². The lowest BCUT2D eigenvalue weighted by atomic mass is 10.2. The molecule has 1 unspecified atom stereocenters. The molecule has 2 nitrogen and oxygen atoms in total. The lowest BCUT2D eigenvalue weighted by Gasteiger charge is -2.13. The monoisotopic (exact) mass is 261 g/mol. The summed E-state index contributed by atoms with van der Waals surface area (Å²) in [5, 5.41) is 3.20. The van der Waals surface area contributed by atoms with Gasteiger partial charge in [-0.2, -0.15) is 13.2 Å². The van der Waals surface area contributed by atoms with Crippen molar-refractivity contribution >= 4 is 0 Å². The Hall–Kier alpha value is -1.23. The van der Waals surface area contributed by atoms with Crippen LogP contribution < -0.4 is 10.1 Å². The van der Waals surface area contributed by atoms with Gasteiger partial charge >= 0.3 is 6.18 Å². The minimum Gasteiger partial charge on any atom is -0.492 e. The zero-order valence-electron chi connectivity index (χ0n) is 10.6. The summed E-state index contributed by atoms with van der Waals surface area (Å²) in [4.78, 5) is 0. The quantitative estimate of drug-likeness (QED) is 0.792. The smallest absolute Gasteiger partial charge is 0.416 e. The summed E-state index contributed by atoms with van der Waals surface area (Å²) < 4.78 is 42.6. The second kappa shape index (κ2) is 6.64. The summed E-state index contributed by atoms with van der Waals surface area (Å²) in [7, 11) is 0. The van der Waals surface area contributed by atoms with Crippen molar-refractivity contribution in [2.45, 2.75) is 32.5 Å². The molecule has 0 bridgehead atoms. The van der Waals surface area contributed by atoms with Crippen LogP contribution in [0.3, 0.4) is 0 Å². The molecule has 0 aliphatic heterocycles. The molecule has 0 amide bonds. The van der Waals surface area contributed by atoms with Crippen molar-refractivity contribution < 1.29 is 17.9 Å². The van der Waals surface area contributed by atoms with E-state index in [1.54, 1.807) is 0 Å². The van der Waals surface area contributed by atoms with Crippen LogP contribution in [0.25, 0.3) is 0 Å². The molecule has 0 saturated carbocycles. The molecule has 0 heterocycles.